The molecule has 9 heteroatoms. The van der Waals surface area contributed by atoms with E-state index in [1.165, 1.54) is 11.8 Å². The highest BCUT2D eigenvalue weighted by atomic mass is 35.5. The lowest BCUT2D eigenvalue weighted by Crippen LogP contribution is -2.33. The Bertz CT molecular complexity index is 484. The minimum atomic E-state index is -0.361. The van der Waals surface area contributed by atoms with E-state index >= 15 is 0 Å². The number of thioether (sulfide) groups is 1. The average Bonchev–Trinajstić information content (AvgIpc) is 2.86. The van der Waals surface area contributed by atoms with Crippen LogP contribution in [0.5, 0.6) is 0 Å². The number of hydrogen-bond donors (Lipinski definition) is 3. The lowest BCUT2D eigenvalue weighted by atomic mass is 10.2. The van der Waals surface area contributed by atoms with Crippen molar-refractivity contribution < 1.29 is 14.1 Å². The molecule has 1 aromatic heterocycles. The molecule has 2 unspecified atom stereocenters. The van der Waals surface area contributed by atoms with Crippen LogP contribution in [0.3, 0.4) is 0 Å². The zero-order valence-corrected chi connectivity index (χ0v) is 14.6. The molecular formula is C13H23ClN4O3S. The van der Waals surface area contributed by atoms with Crippen LogP contribution < -0.4 is 16.4 Å². The molecule has 126 valence electrons. The van der Waals surface area contributed by atoms with Crippen LogP contribution in [0.2, 0.25) is 0 Å². The number of nitrogens with two attached hydrogens (primary N) is 1. The zero-order valence-electron chi connectivity index (χ0n) is 12.9. The molecular weight excluding hydrogens is 328 g/mol. The molecule has 2 atom stereocenters. The van der Waals surface area contributed by atoms with Gasteiger partial charge in [0.1, 0.15) is 5.76 Å². The Morgan fingerprint density at radius 1 is 1.45 bits per heavy atom. The van der Waals surface area contributed by atoms with Crippen LogP contribution in [-0.4, -0.2) is 41.1 Å². The van der Waals surface area contributed by atoms with E-state index in [-0.39, 0.29) is 41.1 Å². The highest BCUT2D eigenvalue weighted by Crippen LogP contribution is 2.14. The minimum Gasteiger partial charge on any atom is -0.360 e. The van der Waals surface area contributed by atoms with Gasteiger partial charge in [0.15, 0.2) is 5.82 Å². The molecule has 0 radical (unpaired) electrons. The summed E-state index contributed by atoms with van der Waals surface area (Å²) in [5.74, 6) is 1.16. The van der Waals surface area contributed by atoms with Crippen molar-refractivity contribution in [3.05, 3.63) is 11.8 Å². The van der Waals surface area contributed by atoms with Gasteiger partial charge in [0.25, 0.3) is 0 Å². The summed E-state index contributed by atoms with van der Waals surface area (Å²) in [5, 5.41) is 8.74. The number of carbonyl (C=O) groups is 2. The molecule has 1 rings (SSSR count). The maximum atomic E-state index is 11.9. The SMILES string of the molecule is Cc1cc(NC(=O)C(C)SCC(=O)NCC(C)CN)no1.Cl. The highest BCUT2D eigenvalue weighted by molar-refractivity contribution is 8.01. The van der Waals surface area contributed by atoms with Gasteiger partial charge in [-0.3, -0.25) is 9.59 Å². The summed E-state index contributed by atoms with van der Waals surface area (Å²) in [4.78, 5) is 23.5. The van der Waals surface area contributed by atoms with Crippen molar-refractivity contribution in [2.75, 3.05) is 24.2 Å². The Morgan fingerprint density at radius 3 is 2.68 bits per heavy atom. The fourth-order valence-electron chi connectivity index (χ4n) is 1.35. The van der Waals surface area contributed by atoms with Crippen molar-refractivity contribution >= 4 is 41.8 Å². The highest BCUT2D eigenvalue weighted by Gasteiger charge is 2.16. The summed E-state index contributed by atoms with van der Waals surface area (Å²) in [6.07, 6.45) is 0. The first-order valence-corrected chi connectivity index (χ1v) is 7.79. The maximum Gasteiger partial charge on any atom is 0.238 e. The van der Waals surface area contributed by atoms with E-state index in [1.807, 2.05) is 6.92 Å². The second kappa shape index (κ2) is 10.5. The van der Waals surface area contributed by atoms with Crippen LogP contribution in [0.15, 0.2) is 10.6 Å². The second-order valence-corrected chi connectivity index (χ2v) is 6.24. The van der Waals surface area contributed by atoms with Gasteiger partial charge in [-0.05, 0) is 26.3 Å². The number of aromatic nitrogens is 1. The standard InChI is InChI=1S/C13H22N4O3S.ClH/c1-8(5-14)6-15-12(18)7-21-10(3)13(19)16-11-4-9(2)20-17-11;/h4,8,10H,5-7,14H2,1-3H3,(H,15,18)(H,16,17,19);1H. The number of nitrogens with one attached hydrogen (secondary N) is 2. The first kappa shape index (κ1) is 20.8. The lowest BCUT2D eigenvalue weighted by molar-refractivity contribution is -0.118. The number of carbonyl (C=O) groups excluding carboxylic acids is 2. The third-order valence-corrected chi connectivity index (χ3v) is 3.91. The van der Waals surface area contributed by atoms with Gasteiger partial charge in [-0.2, -0.15) is 0 Å². The first-order valence-electron chi connectivity index (χ1n) is 6.75. The predicted octanol–water partition coefficient (Wildman–Crippen LogP) is 1.18. The average molecular weight is 351 g/mol. The molecule has 0 fully saturated rings. The topological polar surface area (TPSA) is 110 Å². The van der Waals surface area contributed by atoms with Crippen LogP contribution in [0.1, 0.15) is 19.6 Å². The Morgan fingerprint density at radius 2 is 2.14 bits per heavy atom. The van der Waals surface area contributed by atoms with Crippen molar-refractivity contribution in [1.29, 1.82) is 0 Å². The fraction of sp³-hybridized carbons (Fsp3) is 0.615. The molecule has 22 heavy (non-hydrogen) atoms. The van der Waals surface area contributed by atoms with Gasteiger partial charge in [-0.1, -0.05) is 12.1 Å². The van der Waals surface area contributed by atoms with Crippen molar-refractivity contribution in [2.45, 2.75) is 26.0 Å². The summed E-state index contributed by atoms with van der Waals surface area (Å²) in [6, 6.07) is 1.64. The number of amides is 2. The minimum absolute atomic E-state index is 0. The molecule has 7 nitrogen and oxygen atoms in total. The van der Waals surface area contributed by atoms with Gasteiger partial charge >= 0.3 is 0 Å². The number of nitrogens with zero attached hydrogens (tertiary/aromatic N) is 1. The molecule has 0 spiro atoms. The molecule has 0 aliphatic carbocycles. The van der Waals surface area contributed by atoms with Crippen molar-refractivity contribution in [3.8, 4) is 0 Å². The van der Waals surface area contributed by atoms with E-state index in [2.05, 4.69) is 15.8 Å². The quantitative estimate of drug-likeness (QED) is 0.649. The molecule has 1 heterocycles. The molecule has 0 saturated carbocycles. The molecule has 0 aliphatic rings. The van der Waals surface area contributed by atoms with Gasteiger partial charge in [0, 0.05) is 12.6 Å². The third-order valence-electron chi connectivity index (χ3n) is 2.76. The van der Waals surface area contributed by atoms with E-state index in [9.17, 15) is 9.59 Å². The summed E-state index contributed by atoms with van der Waals surface area (Å²) < 4.78 is 4.86. The summed E-state index contributed by atoms with van der Waals surface area (Å²) in [6.45, 7) is 6.53. The predicted molar refractivity (Wildman–Crippen MR) is 90.3 cm³/mol. The second-order valence-electron chi connectivity index (χ2n) is 4.91. The Hall–Kier alpha value is -1.25. The van der Waals surface area contributed by atoms with E-state index in [4.69, 9.17) is 10.3 Å². The molecule has 1 aromatic rings. The lowest BCUT2D eigenvalue weighted by Gasteiger charge is -2.12. The van der Waals surface area contributed by atoms with Crippen LogP contribution in [-0.2, 0) is 9.59 Å². The number of hydrogen-bond acceptors (Lipinski definition) is 6. The zero-order chi connectivity index (χ0) is 15.8. The van der Waals surface area contributed by atoms with Gasteiger partial charge in [0.05, 0.1) is 11.0 Å². The van der Waals surface area contributed by atoms with Crippen LogP contribution in [0, 0.1) is 12.8 Å². The Balaban J connectivity index is 0.00000441. The van der Waals surface area contributed by atoms with Gasteiger partial charge < -0.3 is 20.9 Å². The van der Waals surface area contributed by atoms with Gasteiger partial charge in [0.2, 0.25) is 11.8 Å². The summed E-state index contributed by atoms with van der Waals surface area (Å²) >= 11 is 1.26. The maximum absolute atomic E-state index is 11.9. The smallest absolute Gasteiger partial charge is 0.238 e. The Kier molecular flexibility index (Phi) is 9.88. The van der Waals surface area contributed by atoms with E-state index in [0.29, 0.717) is 24.7 Å². The van der Waals surface area contributed by atoms with E-state index < -0.39 is 0 Å². The number of rotatable bonds is 8. The van der Waals surface area contributed by atoms with Crippen molar-refractivity contribution in [2.24, 2.45) is 11.7 Å². The molecule has 0 bridgehead atoms. The number of halogens is 1. The monoisotopic (exact) mass is 350 g/mol. The van der Waals surface area contributed by atoms with Crippen LogP contribution >= 0.6 is 24.2 Å². The van der Waals surface area contributed by atoms with E-state index in [0.717, 1.165) is 0 Å². The Labute approximate surface area is 140 Å². The fourth-order valence-corrected chi connectivity index (χ4v) is 2.07. The van der Waals surface area contributed by atoms with Crippen LogP contribution in [0.25, 0.3) is 0 Å². The number of anilines is 1. The van der Waals surface area contributed by atoms with Gasteiger partial charge in [-0.15, -0.1) is 24.2 Å². The normalized spacial score (nSPS) is 12.9. The molecule has 0 saturated heterocycles. The van der Waals surface area contributed by atoms with Crippen molar-refractivity contribution in [3.63, 3.8) is 0 Å². The molecule has 2 amide bonds. The third kappa shape index (κ3) is 7.67. The largest absolute Gasteiger partial charge is 0.360 e. The summed E-state index contributed by atoms with van der Waals surface area (Å²) in [5.41, 5.74) is 5.47. The van der Waals surface area contributed by atoms with E-state index in [1.54, 1.807) is 19.9 Å². The van der Waals surface area contributed by atoms with Crippen molar-refractivity contribution in [1.82, 2.24) is 10.5 Å². The molecule has 0 aliphatic heterocycles. The molecule has 0 aromatic carbocycles. The van der Waals surface area contributed by atoms with Crippen LogP contribution in [0.4, 0.5) is 5.82 Å². The van der Waals surface area contributed by atoms with Gasteiger partial charge in [-0.25, -0.2) is 0 Å². The molecule has 4 N–H and O–H groups in total. The summed E-state index contributed by atoms with van der Waals surface area (Å²) in [7, 11) is 0. The number of aryl methyl sites for hydroxylation is 1. The first-order chi connectivity index (χ1) is 9.92.